The zero-order valence-corrected chi connectivity index (χ0v) is 12.5. The summed E-state index contributed by atoms with van der Waals surface area (Å²) >= 11 is 0. The first-order valence-electron chi connectivity index (χ1n) is 7.30. The minimum absolute atomic E-state index is 0.164. The van der Waals surface area contributed by atoms with Crippen molar-refractivity contribution in [3.8, 4) is 0 Å². The van der Waals surface area contributed by atoms with Gasteiger partial charge in [0.15, 0.2) is 0 Å². The second-order valence-corrected chi connectivity index (χ2v) is 6.79. The number of rotatable bonds is 3. The van der Waals surface area contributed by atoms with Crippen LogP contribution in [0.3, 0.4) is 0 Å². The Morgan fingerprint density at radius 3 is 2.95 bits per heavy atom. The van der Waals surface area contributed by atoms with Gasteiger partial charge in [-0.3, -0.25) is 0 Å². The third kappa shape index (κ3) is 2.40. The largest absolute Gasteiger partial charge is 0.388 e. The summed E-state index contributed by atoms with van der Waals surface area (Å²) in [6.45, 7) is 7.58. The number of aliphatic hydroxyl groups is 1. The zero-order chi connectivity index (χ0) is 14.3. The molecule has 1 aliphatic carbocycles. The molecule has 2 atom stereocenters. The molecule has 1 aliphatic rings. The van der Waals surface area contributed by atoms with Gasteiger partial charge in [-0.15, -0.1) is 0 Å². The highest BCUT2D eigenvalue weighted by molar-refractivity contribution is 5.29. The summed E-state index contributed by atoms with van der Waals surface area (Å²) in [5.74, 6) is 0. The lowest BCUT2D eigenvalue weighted by Crippen LogP contribution is -2.27. The zero-order valence-electron chi connectivity index (χ0n) is 12.5. The molecular weight excluding hydrogens is 250 g/mol. The van der Waals surface area contributed by atoms with Crippen LogP contribution in [0.1, 0.15) is 50.6 Å². The van der Waals surface area contributed by atoms with Crippen LogP contribution in [0.4, 0.5) is 0 Å². The molecule has 2 aromatic rings. The third-order valence-electron chi connectivity index (χ3n) is 4.32. The van der Waals surface area contributed by atoms with Gasteiger partial charge < -0.3 is 14.2 Å². The van der Waals surface area contributed by atoms with E-state index in [-0.39, 0.29) is 11.5 Å². The second-order valence-electron chi connectivity index (χ2n) is 6.79. The first-order chi connectivity index (χ1) is 9.46. The fourth-order valence-electron chi connectivity index (χ4n) is 3.35. The van der Waals surface area contributed by atoms with Crippen LogP contribution in [-0.4, -0.2) is 19.2 Å². The normalized spacial score (nSPS) is 22.5. The minimum atomic E-state index is -0.324. The standard InChI is InChI=1S/C16H23N3O/c1-12(10-18-7-5-17-11-18)19-6-4-13-14(19)8-16(2,3)9-15(13)20/h4-7,11-12,15,20H,8-10H2,1-3H3. The molecule has 0 fully saturated rings. The summed E-state index contributed by atoms with van der Waals surface area (Å²) in [5.41, 5.74) is 2.57. The van der Waals surface area contributed by atoms with Gasteiger partial charge in [0, 0.05) is 42.4 Å². The Labute approximate surface area is 120 Å². The average molecular weight is 273 g/mol. The van der Waals surface area contributed by atoms with E-state index < -0.39 is 0 Å². The van der Waals surface area contributed by atoms with Crippen LogP contribution in [0.5, 0.6) is 0 Å². The maximum Gasteiger partial charge on any atom is 0.0946 e. The molecule has 0 bridgehead atoms. The molecule has 4 heteroatoms. The summed E-state index contributed by atoms with van der Waals surface area (Å²) in [6, 6.07) is 2.44. The van der Waals surface area contributed by atoms with Crippen LogP contribution in [0.2, 0.25) is 0 Å². The van der Waals surface area contributed by atoms with Crippen LogP contribution < -0.4 is 0 Å². The molecule has 0 amide bonds. The van der Waals surface area contributed by atoms with Crippen LogP contribution in [0.25, 0.3) is 0 Å². The highest BCUT2D eigenvalue weighted by atomic mass is 16.3. The molecule has 0 saturated heterocycles. The maximum absolute atomic E-state index is 10.3. The molecule has 3 rings (SSSR count). The number of imidazole rings is 1. The third-order valence-corrected chi connectivity index (χ3v) is 4.32. The molecule has 2 heterocycles. The smallest absolute Gasteiger partial charge is 0.0946 e. The number of hydrogen-bond acceptors (Lipinski definition) is 2. The van der Waals surface area contributed by atoms with Gasteiger partial charge in [-0.2, -0.15) is 0 Å². The number of fused-ring (bicyclic) bond motifs is 1. The van der Waals surface area contributed by atoms with Crippen molar-refractivity contribution in [2.45, 2.75) is 52.3 Å². The van der Waals surface area contributed by atoms with Crippen molar-refractivity contribution in [3.05, 3.63) is 42.2 Å². The van der Waals surface area contributed by atoms with Crippen LogP contribution >= 0.6 is 0 Å². The van der Waals surface area contributed by atoms with Gasteiger partial charge in [0.2, 0.25) is 0 Å². The lowest BCUT2D eigenvalue weighted by Gasteiger charge is -2.34. The predicted octanol–water partition coefficient (Wildman–Crippen LogP) is 2.95. The lowest BCUT2D eigenvalue weighted by atomic mass is 9.75. The first-order valence-corrected chi connectivity index (χ1v) is 7.30. The Hall–Kier alpha value is -1.55. The molecule has 20 heavy (non-hydrogen) atoms. The summed E-state index contributed by atoms with van der Waals surface area (Å²) in [4.78, 5) is 4.09. The van der Waals surface area contributed by atoms with Crippen LogP contribution in [0, 0.1) is 5.41 Å². The van der Waals surface area contributed by atoms with Crippen molar-refractivity contribution in [2.75, 3.05) is 0 Å². The van der Waals surface area contributed by atoms with Crippen molar-refractivity contribution in [3.63, 3.8) is 0 Å². The van der Waals surface area contributed by atoms with Crippen molar-refractivity contribution >= 4 is 0 Å². The Kier molecular flexibility index (Phi) is 3.21. The first kappa shape index (κ1) is 13.4. The van der Waals surface area contributed by atoms with Crippen molar-refractivity contribution in [2.24, 2.45) is 5.41 Å². The van der Waals surface area contributed by atoms with E-state index in [1.807, 2.05) is 18.7 Å². The van der Waals surface area contributed by atoms with Gasteiger partial charge in [-0.25, -0.2) is 4.98 Å². The topological polar surface area (TPSA) is 43.0 Å². The number of aromatic nitrogens is 3. The highest BCUT2D eigenvalue weighted by Gasteiger charge is 2.33. The fraction of sp³-hybridized carbons (Fsp3) is 0.562. The molecular formula is C16H23N3O. The predicted molar refractivity (Wildman–Crippen MR) is 78.4 cm³/mol. The molecule has 0 radical (unpaired) electrons. The van der Waals surface area contributed by atoms with Crippen LogP contribution in [0.15, 0.2) is 31.0 Å². The Bertz CT molecular complexity index is 583. The van der Waals surface area contributed by atoms with E-state index in [4.69, 9.17) is 0 Å². The summed E-state index contributed by atoms with van der Waals surface area (Å²) in [6.07, 6.45) is 9.33. The number of hydrogen-bond donors (Lipinski definition) is 1. The van der Waals surface area contributed by atoms with E-state index in [1.165, 1.54) is 5.69 Å². The fourth-order valence-corrected chi connectivity index (χ4v) is 3.35. The summed E-state index contributed by atoms with van der Waals surface area (Å²) in [7, 11) is 0. The number of aliphatic hydroxyl groups excluding tert-OH is 1. The molecule has 0 saturated carbocycles. The van der Waals surface area contributed by atoms with Gasteiger partial charge in [0.25, 0.3) is 0 Å². The molecule has 1 N–H and O–H groups in total. The Morgan fingerprint density at radius 1 is 1.45 bits per heavy atom. The Balaban J connectivity index is 1.88. The van der Waals surface area contributed by atoms with E-state index in [0.29, 0.717) is 6.04 Å². The van der Waals surface area contributed by atoms with E-state index >= 15 is 0 Å². The van der Waals surface area contributed by atoms with Gasteiger partial charge in [0.1, 0.15) is 0 Å². The monoisotopic (exact) mass is 273 g/mol. The van der Waals surface area contributed by atoms with Crippen molar-refractivity contribution in [1.82, 2.24) is 14.1 Å². The van der Waals surface area contributed by atoms with E-state index in [1.54, 1.807) is 0 Å². The SMILES string of the molecule is CC(Cn1ccnc1)n1ccc2c1CC(C)(C)CC2O. The van der Waals surface area contributed by atoms with Gasteiger partial charge in [-0.1, -0.05) is 13.8 Å². The molecule has 0 aliphatic heterocycles. The second kappa shape index (κ2) is 4.77. The van der Waals surface area contributed by atoms with Gasteiger partial charge >= 0.3 is 0 Å². The molecule has 2 aromatic heterocycles. The molecule has 108 valence electrons. The van der Waals surface area contributed by atoms with Crippen molar-refractivity contribution < 1.29 is 5.11 Å². The lowest BCUT2D eigenvalue weighted by molar-refractivity contribution is 0.0974. The average Bonchev–Trinajstić information content (AvgIpc) is 2.96. The minimum Gasteiger partial charge on any atom is -0.388 e. The van der Waals surface area contributed by atoms with E-state index in [0.717, 1.165) is 24.9 Å². The summed E-state index contributed by atoms with van der Waals surface area (Å²) < 4.78 is 4.42. The van der Waals surface area contributed by atoms with Gasteiger partial charge in [0.05, 0.1) is 12.4 Å². The molecule has 4 nitrogen and oxygen atoms in total. The molecule has 2 unspecified atom stereocenters. The van der Waals surface area contributed by atoms with Crippen LogP contribution in [-0.2, 0) is 13.0 Å². The van der Waals surface area contributed by atoms with E-state index in [2.05, 4.69) is 47.2 Å². The quantitative estimate of drug-likeness (QED) is 0.934. The summed E-state index contributed by atoms with van der Waals surface area (Å²) in [5, 5.41) is 10.3. The molecule has 0 aromatic carbocycles. The maximum atomic E-state index is 10.3. The molecule has 0 spiro atoms. The number of nitrogens with zero attached hydrogens (tertiary/aromatic N) is 3. The Morgan fingerprint density at radius 2 is 2.25 bits per heavy atom. The highest BCUT2D eigenvalue weighted by Crippen LogP contribution is 2.41. The van der Waals surface area contributed by atoms with Gasteiger partial charge in [-0.05, 0) is 31.2 Å². The van der Waals surface area contributed by atoms with E-state index in [9.17, 15) is 5.11 Å². The van der Waals surface area contributed by atoms with Crippen molar-refractivity contribution in [1.29, 1.82) is 0 Å².